The van der Waals surface area contributed by atoms with Crippen LogP contribution < -0.4 is 0 Å². The van der Waals surface area contributed by atoms with Gasteiger partial charge >= 0.3 is 0 Å². The quantitative estimate of drug-likeness (QED) is 0.397. The Hall–Kier alpha value is -3.26. The van der Waals surface area contributed by atoms with Crippen LogP contribution in [-0.2, 0) is 0 Å². The third kappa shape index (κ3) is 2.42. The number of benzene rings is 3. The van der Waals surface area contributed by atoms with Crippen LogP contribution in [0.15, 0.2) is 85.1 Å². The van der Waals surface area contributed by atoms with Gasteiger partial charge in [-0.3, -0.25) is 0 Å². The van der Waals surface area contributed by atoms with Gasteiger partial charge in [0.25, 0.3) is 0 Å². The summed E-state index contributed by atoms with van der Waals surface area (Å²) in [6.07, 6.45) is 2.15. The fourth-order valence-corrected chi connectivity index (χ4v) is 3.87. The predicted octanol–water partition coefficient (Wildman–Crippen LogP) is 6.14. The molecule has 0 radical (unpaired) electrons. The molecule has 5 rings (SSSR count). The van der Waals surface area contributed by atoms with Crippen molar-refractivity contribution < 1.29 is 0 Å². The minimum atomic E-state index is 0.166. The highest BCUT2D eigenvalue weighted by Gasteiger charge is 2.21. The molecule has 0 amide bonds. The van der Waals surface area contributed by atoms with E-state index in [4.69, 9.17) is 0 Å². The average Bonchev–Trinajstić information content (AvgIpc) is 3.28. The highest BCUT2D eigenvalue weighted by Crippen LogP contribution is 2.37. The Morgan fingerprint density at radius 1 is 0.769 bits per heavy atom. The lowest BCUT2D eigenvalue weighted by atomic mass is 9.88. The molecule has 0 aliphatic rings. The molecule has 3 aromatic carbocycles. The summed E-state index contributed by atoms with van der Waals surface area (Å²) in [5.41, 5.74) is 7.46. The minimum absolute atomic E-state index is 0.166. The van der Waals surface area contributed by atoms with Gasteiger partial charge in [-0.1, -0.05) is 66.2 Å². The van der Waals surface area contributed by atoms with Crippen LogP contribution in [0.1, 0.15) is 28.3 Å². The monoisotopic (exact) mass is 336 g/mol. The summed E-state index contributed by atoms with van der Waals surface area (Å²) in [7, 11) is 0. The molecule has 2 heterocycles. The van der Waals surface area contributed by atoms with Crippen molar-refractivity contribution in [3.63, 3.8) is 0 Å². The molecule has 0 bridgehead atoms. The lowest BCUT2D eigenvalue weighted by molar-refractivity contribution is 0.946. The van der Waals surface area contributed by atoms with Gasteiger partial charge in [-0.25, -0.2) is 0 Å². The Morgan fingerprint density at radius 3 is 2.31 bits per heavy atom. The Balaban J connectivity index is 1.76. The van der Waals surface area contributed by atoms with E-state index in [1.54, 1.807) is 0 Å². The van der Waals surface area contributed by atoms with Crippen LogP contribution in [0.4, 0.5) is 0 Å². The lowest BCUT2D eigenvalue weighted by Crippen LogP contribution is -2.03. The normalized spacial score (nSPS) is 12.7. The van der Waals surface area contributed by atoms with Crippen LogP contribution in [-0.4, -0.2) is 9.97 Å². The molecule has 0 spiro atoms. The first kappa shape index (κ1) is 15.0. The molecular weight excluding hydrogens is 316 g/mol. The van der Waals surface area contributed by atoms with Crippen LogP contribution in [0.2, 0.25) is 0 Å². The molecule has 1 atom stereocenters. The van der Waals surface area contributed by atoms with Crippen molar-refractivity contribution in [2.24, 2.45) is 0 Å². The molecule has 126 valence electrons. The van der Waals surface area contributed by atoms with Crippen LogP contribution >= 0.6 is 0 Å². The smallest absolute Gasteiger partial charge is 0.0512 e. The highest BCUT2D eigenvalue weighted by molar-refractivity contribution is 5.86. The lowest BCUT2D eigenvalue weighted by Gasteiger charge is -2.16. The van der Waals surface area contributed by atoms with Gasteiger partial charge in [0.15, 0.2) is 0 Å². The summed E-state index contributed by atoms with van der Waals surface area (Å²) in [4.78, 5) is 7.09. The number of hydrogen-bond donors (Lipinski definition) is 2. The molecule has 0 aliphatic carbocycles. The summed E-state index contributed by atoms with van der Waals surface area (Å²) in [6.45, 7) is 2.13. The summed E-state index contributed by atoms with van der Waals surface area (Å²) in [6, 6.07) is 28.1. The fraction of sp³-hybridized carbons (Fsp3) is 0.0833. The van der Waals surface area contributed by atoms with Crippen molar-refractivity contribution in [2.75, 3.05) is 0 Å². The van der Waals surface area contributed by atoms with Gasteiger partial charge in [0.05, 0.1) is 5.92 Å². The number of fused-ring (bicyclic) bond motifs is 2. The summed E-state index contributed by atoms with van der Waals surface area (Å²) in [5, 5.41) is 2.52. The Morgan fingerprint density at radius 2 is 1.50 bits per heavy atom. The number of para-hydroxylation sites is 2. The zero-order valence-corrected chi connectivity index (χ0v) is 14.7. The molecule has 0 aliphatic heterocycles. The maximum Gasteiger partial charge on any atom is 0.0512 e. The van der Waals surface area contributed by atoms with Gasteiger partial charge in [-0.15, -0.1) is 0 Å². The van der Waals surface area contributed by atoms with E-state index >= 15 is 0 Å². The van der Waals surface area contributed by atoms with E-state index in [0.29, 0.717) is 0 Å². The minimum Gasteiger partial charge on any atom is -0.361 e. The third-order valence-corrected chi connectivity index (χ3v) is 5.20. The fourth-order valence-electron chi connectivity index (χ4n) is 3.87. The Kier molecular flexibility index (Phi) is 3.42. The Labute approximate surface area is 152 Å². The first-order valence-corrected chi connectivity index (χ1v) is 9.00. The van der Waals surface area contributed by atoms with Crippen LogP contribution in [0.25, 0.3) is 21.8 Å². The molecule has 2 nitrogen and oxygen atoms in total. The van der Waals surface area contributed by atoms with Gasteiger partial charge in [0, 0.05) is 28.3 Å². The van der Waals surface area contributed by atoms with Crippen LogP contribution in [0, 0.1) is 6.92 Å². The molecule has 0 fully saturated rings. The molecule has 2 N–H and O–H groups in total. The van der Waals surface area contributed by atoms with E-state index in [1.807, 2.05) is 0 Å². The first-order chi connectivity index (χ1) is 12.8. The number of aromatic nitrogens is 2. The summed E-state index contributed by atoms with van der Waals surface area (Å²) < 4.78 is 0. The standard InChI is InChI=1S/C24H20N2/c1-16-10-12-17(13-11-16)24(20-15-25-22-9-5-3-7-19(20)22)23-14-18-6-2-4-8-21(18)26-23/h2-15,24-26H,1H3. The van der Waals surface area contributed by atoms with Crippen molar-refractivity contribution in [3.8, 4) is 0 Å². The number of aryl methyl sites for hydroxylation is 1. The van der Waals surface area contributed by atoms with E-state index in [9.17, 15) is 0 Å². The van der Waals surface area contributed by atoms with E-state index in [0.717, 1.165) is 0 Å². The SMILES string of the molecule is Cc1ccc(C(c2cc3ccccc3[nH]2)c2c[nH]c3ccccc23)cc1. The zero-order valence-electron chi connectivity index (χ0n) is 14.7. The second-order valence-electron chi connectivity index (χ2n) is 6.95. The van der Waals surface area contributed by atoms with Crippen molar-refractivity contribution in [3.05, 3.63) is 107 Å². The van der Waals surface area contributed by atoms with Gasteiger partial charge < -0.3 is 9.97 Å². The van der Waals surface area contributed by atoms with Crippen LogP contribution in [0.3, 0.4) is 0 Å². The van der Waals surface area contributed by atoms with E-state index in [2.05, 4.69) is 102 Å². The van der Waals surface area contributed by atoms with E-state index < -0.39 is 0 Å². The van der Waals surface area contributed by atoms with Crippen molar-refractivity contribution in [2.45, 2.75) is 12.8 Å². The zero-order chi connectivity index (χ0) is 17.5. The van der Waals surface area contributed by atoms with Gasteiger partial charge in [0.1, 0.15) is 0 Å². The average molecular weight is 336 g/mol. The van der Waals surface area contributed by atoms with Crippen LogP contribution in [0.5, 0.6) is 0 Å². The summed E-state index contributed by atoms with van der Waals surface area (Å²) >= 11 is 0. The molecular formula is C24H20N2. The predicted molar refractivity (Wildman–Crippen MR) is 109 cm³/mol. The highest BCUT2D eigenvalue weighted by atomic mass is 14.7. The molecule has 2 heteroatoms. The molecule has 5 aromatic rings. The molecule has 1 unspecified atom stereocenters. The van der Waals surface area contributed by atoms with Crippen molar-refractivity contribution in [1.82, 2.24) is 9.97 Å². The number of hydrogen-bond acceptors (Lipinski definition) is 0. The van der Waals surface area contributed by atoms with E-state index in [1.165, 1.54) is 44.2 Å². The van der Waals surface area contributed by atoms with Crippen molar-refractivity contribution in [1.29, 1.82) is 0 Å². The largest absolute Gasteiger partial charge is 0.361 e. The maximum atomic E-state index is 3.65. The summed E-state index contributed by atoms with van der Waals surface area (Å²) in [5.74, 6) is 0.166. The number of nitrogens with one attached hydrogen (secondary N) is 2. The molecule has 0 saturated carbocycles. The Bertz CT molecular complexity index is 1160. The second-order valence-corrected chi connectivity index (χ2v) is 6.95. The maximum absolute atomic E-state index is 3.65. The number of H-pyrrole nitrogens is 2. The van der Waals surface area contributed by atoms with Crippen molar-refractivity contribution >= 4 is 21.8 Å². The van der Waals surface area contributed by atoms with Gasteiger partial charge in [0.2, 0.25) is 0 Å². The van der Waals surface area contributed by atoms with Gasteiger partial charge in [-0.05, 0) is 41.6 Å². The second kappa shape index (κ2) is 5.92. The first-order valence-electron chi connectivity index (χ1n) is 9.00. The van der Waals surface area contributed by atoms with E-state index in [-0.39, 0.29) is 5.92 Å². The molecule has 26 heavy (non-hydrogen) atoms. The number of aromatic amines is 2. The molecule has 2 aromatic heterocycles. The number of rotatable bonds is 3. The third-order valence-electron chi connectivity index (χ3n) is 5.20. The topological polar surface area (TPSA) is 31.6 Å². The van der Waals surface area contributed by atoms with Gasteiger partial charge in [-0.2, -0.15) is 0 Å². The molecule has 0 saturated heterocycles.